The first-order valence-corrected chi connectivity index (χ1v) is 9.75. The molecule has 0 amide bonds. The molecule has 24 heavy (non-hydrogen) atoms. The van der Waals surface area contributed by atoms with Crippen LogP contribution in [0.1, 0.15) is 11.1 Å². The van der Waals surface area contributed by atoms with E-state index in [0.29, 0.717) is 11.5 Å². The normalized spacial score (nSPS) is 17.5. The minimum Gasteiger partial charge on any atom is -0.616 e. The monoisotopic (exact) mass is 326 g/mol. The Labute approximate surface area is 142 Å². The maximum absolute atomic E-state index is 12.2. The molecule has 5 aromatic carbocycles. The van der Waals surface area contributed by atoms with Gasteiger partial charge in [0.15, 0.2) is 0 Å². The zero-order valence-corrected chi connectivity index (χ0v) is 13.8. The zero-order valence-electron chi connectivity index (χ0n) is 13.0. The lowest BCUT2D eigenvalue weighted by atomic mass is 9.87. The molecule has 1 heterocycles. The minimum atomic E-state index is -0.759. The molecule has 0 radical (unpaired) electrons. The van der Waals surface area contributed by atoms with Crippen molar-refractivity contribution >= 4 is 54.3 Å². The molecule has 1 nitrogen and oxygen atoms in total. The van der Waals surface area contributed by atoms with Gasteiger partial charge in [-0.15, -0.1) is 0 Å². The van der Waals surface area contributed by atoms with Gasteiger partial charge in [-0.25, -0.2) is 0 Å². The third kappa shape index (κ3) is 1.50. The molecule has 6 rings (SSSR count). The number of fused-ring (bicyclic) bond motifs is 4. The molecule has 0 bridgehead atoms. The topological polar surface area (TPSA) is 23.1 Å². The average molecular weight is 326 g/mol. The van der Waals surface area contributed by atoms with Crippen LogP contribution in [0.5, 0.6) is 0 Å². The van der Waals surface area contributed by atoms with E-state index in [1.54, 1.807) is 0 Å². The highest BCUT2D eigenvalue weighted by molar-refractivity contribution is 7.90. The first kappa shape index (κ1) is 13.1. The van der Waals surface area contributed by atoms with Crippen LogP contribution in [-0.2, 0) is 22.7 Å². The van der Waals surface area contributed by atoms with E-state index in [2.05, 4.69) is 60.7 Å². The van der Waals surface area contributed by atoms with Crippen molar-refractivity contribution in [2.45, 2.75) is 11.5 Å². The first-order valence-electron chi connectivity index (χ1n) is 8.26. The maximum atomic E-state index is 12.2. The van der Waals surface area contributed by atoms with Crippen molar-refractivity contribution < 1.29 is 4.55 Å². The summed E-state index contributed by atoms with van der Waals surface area (Å²) >= 11 is -0.759. The fourth-order valence-corrected chi connectivity index (χ4v) is 5.88. The summed E-state index contributed by atoms with van der Waals surface area (Å²) in [5.41, 5.74) is 2.56. The highest BCUT2D eigenvalue weighted by Gasteiger charge is 2.26. The van der Waals surface area contributed by atoms with E-state index < -0.39 is 11.2 Å². The predicted molar refractivity (Wildman–Crippen MR) is 103 cm³/mol. The standard InChI is InChI=1S/C22H14OS/c23-24-11-14-10-19-17-7-2-5-13-4-1-6-15(21(13)17)16-8-3-9-18(22(16)19)20(14)12-24/h1-10H,11-12H2. The van der Waals surface area contributed by atoms with Gasteiger partial charge in [0, 0.05) is 11.1 Å². The molecule has 5 aromatic rings. The molecule has 0 saturated carbocycles. The van der Waals surface area contributed by atoms with Crippen molar-refractivity contribution in [2.75, 3.05) is 0 Å². The van der Waals surface area contributed by atoms with Crippen LogP contribution >= 0.6 is 0 Å². The second-order valence-corrected chi connectivity index (χ2v) is 8.18. The molecule has 2 heteroatoms. The second-order valence-electron chi connectivity index (χ2n) is 6.73. The largest absolute Gasteiger partial charge is 0.616 e. The van der Waals surface area contributed by atoms with E-state index in [1.165, 1.54) is 54.2 Å². The number of rotatable bonds is 0. The van der Waals surface area contributed by atoms with E-state index in [1.807, 2.05) is 0 Å². The molecule has 0 saturated heterocycles. The lowest BCUT2D eigenvalue weighted by Gasteiger charge is -2.15. The van der Waals surface area contributed by atoms with E-state index in [-0.39, 0.29) is 0 Å². The van der Waals surface area contributed by atoms with Gasteiger partial charge in [0.25, 0.3) is 0 Å². The van der Waals surface area contributed by atoms with Crippen molar-refractivity contribution in [3.63, 3.8) is 0 Å². The molecule has 1 atom stereocenters. The molecule has 1 aliphatic heterocycles. The molecular formula is C22H14OS. The lowest BCUT2D eigenvalue weighted by molar-refractivity contribution is 0.597. The van der Waals surface area contributed by atoms with Gasteiger partial charge >= 0.3 is 0 Å². The van der Waals surface area contributed by atoms with Gasteiger partial charge in [-0.2, -0.15) is 0 Å². The Bertz CT molecular complexity index is 1270. The van der Waals surface area contributed by atoms with Crippen molar-refractivity contribution in [1.29, 1.82) is 0 Å². The quantitative estimate of drug-likeness (QED) is 0.209. The summed E-state index contributed by atoms with van der Waals surface area (Å²) in [5, 5.41) is 10.5. The van der Waals surface area contributed by atoms with Gasteiger partial charge in [0.05, 0.1) is 0 Å². The molecule has 0 spiro atoms. The van der Waals surface area contributed by atoms with Crippen LogP contribution in [0.4, 0.5) is 0 Å². The Kier molecular flexibility index (Phi) is 2.40. The van der Waals surface area contributed by atoms with Crippen molar-refractivity contribution in [3.8, 4) is 0 Å². The smallest absolute Gasteiger partial charge is 0.132 e. The Morgan fingerprint density at radius 1 is 0.667 bits per heavy atom. The molecule has 1 aliphatic rings. The van der Waals surface area contributed by atoms with Crippen molar-refractivity contribution in [3.05, 3.63) is 71.8 Å². The molecule has 114 valence electrons. The highest BCUT2D eigenvalue weighted by Crippen LogP contribution is 2.43. The Balaban J connectivity index is 2.00. The Morgan fingerprint density at radius 2 is 1.29 bits per heavy atom. The first-order chi connectivity index (χ1) is 11.8. The summed E-state index contributed by atoms with van der Waals surface area (Å²) < 4.78 is 12.2. The number of hydrogen-bond acceptors (Lipinski definition) is 1. The van der Waals surface area contributed by atoms with Crippen LogP contribution in [-0.4, -0.2) is 4.55 Å². The van der Waals surface area contributed by atoms with Gasteiger partial charge in [-0.3, -0.25) is 0 Å². The second kappa shape index (κ2) is 4.41. The molecular weight excluding hydrogens is 312 g/mol. The van der Waals surface area contributed by atoms with Gasteiger partial charge < -0.3 is 4.55 Å². The molecule has 0 aromatic heterocycles. The van der Waals surface area contributed by atoms with Gasteiger partial charge in [0.1, 0.15) is 11.5 Å². The molecule has 0 aliphatic carbocycles. The minimum absolute atomic E-state index is 0.695. The number of hydrogen-bond donors (Lipinski definition) is 0. The number of benzene rings is 5. The summed E-state index contributed by atoms with van der Waals surface area (Å²) in [7, 11) is 0. The fourth-order valence-electron chi connectivity index (χ4n) is 4.51. The van der Waals surface area contributed by atoms with Crippen LogP contribution in [0, 0.1) is 0 Å². The lowest BCUT2D eigenvalue weighted by Crippen LogP contribution is -1.95. The van der Waals surface area contributed by atoms with Crippen LogP contribution in [0.25, 0.3) is 43.1 Å². The van der Waals surface area contributed by atoms with Gasteiger partial charge in [0.2, 0.25) is 0 Å². The molecule has 1 unspecified atom stereocenters. The van der Waals surface area contributed by atoms with E-state index in [4.69, 9.17) is 0 Å². The SMILES string of the molecule is [O-][S+]1Cc2cc3c4cccc5cccc(c6cccc(c2C1)c63)c54. The Hall–Kier alpha value is -2.29. The van der Waals surface area contributed by atoms with Crippen molar-refractivity contribution in [2.24, 2.45) is 0 Å². The summed E-state index contributed by atoms with van der Waals surface area (Å²) in [4.78, 5) is 0. The van der Waals surface area contributed by atoms with E-state index in [0.717, 1.165) is 0 Å². The summed E-state index contributed by atoms with van der Waals surface area (Å²) in [6.07, 6.45) is 0. The van der Waals surface area contributed by atoms with Crippen LogP contribution in [0.15, 0.2) is 60.7 Å². The maximum Gasteiger partial charge on any atom is 0.132 e. The molecule has 0 N–H and O–H groups in total. The Morgan fingerprint density at radius 3 is 2.08 bits per heavy atom. The summed E-state index contributed by atoms with van der Waals surface area (Å²) in [5.74, 6) is 1.39. The van der Waals surface area contributed by atoms with Gasteiger partial charge in [-0.05, 0) is 60.3 Å². The third-order valence-electron chi connectivity index (χ3n) is 5.47. The fraction of sp³-hybridized carbons (Fsp3) is 0.0909. The van der Waals surface area contributed by atoms with Crippen LogP contribution in [0.3, 0.4) is 0 Å². The van der Waals surface area contributed by atoms with E-state index >= 15 is 0 Å². The van der Waals surface area contributed by atoms with Gasteiger partial charge in [-0.1, -0.05) is 54.6 Å². The molecule has 0 fully saturated rings. The third-order valence-corrected chi connectivity index (χ3v) is 6.72. The van der Waals surface area contributed by atoms with Crippen LogP contribution in [0.2, 0.25) is 0 Å². The summed E-state index contributed by atoms with van der Waals surface area (Å²) in [6, 6.07) is 22.0. The predicted octanol–water partition coefficient (Wildman–Crippen LogP) is 5.50. The van der Waals surface area contributed by atoms with Crippen molar-refractivity contribution in [1.82, 2.24) is 0 Å². The average Bonchev–Trinajstić information content (AvgIpc) is 2.99. The van der Waals surface area contributed by atoms with E-state index in [9.17, 15) is 4.55 Å². The van der Waals surface area contributed by atoms with Crippen LogP contribution < -0.4 is 0 Å². The highest BCUT2D eigenvalue weighted by atomic mass is 32.2. The summed E-state index contributed by atoms with van der Waals surface area (Å²) in [6.45, 7) is 0. The zero-order chi connectivity index (χ0) is 15.8.